The van der Waals surface area contributed by atoms with Crippen LogP contribution in [0.5, 0.6) is 0 Å². The number of amides is 1. The van der Waals surface area contributed by atoms with Gasteiger partial charge in [-0.3, -0.25) is 9.79 Å². The molecule has 0 saturated heterocycles. The Morgan fingerprint density at radius 3 is 2.50 bits per heavy atom. The van der Waals surface area contributed by atoms with Crippen LogP contribution in [-0.4, -0.2) is 49.0 Å². The lowest BCUT2D eigenvalue weighted by atomic mass is 10.1. The summed E-state index contributed by atoms with van der Waals surface area (Å²) in [6.07, 6.45) is 3.28. The van der Waals surface area contributed by atoms with Gasteiger partial charge in [-0.15, -0.1) is 0 Å². The van der Waals surface area contributed by atoms with Gasteiger partial charge in [-0.1, -0.05) is 30.3 Å². The van der Waals surface area contributed by atoms with Crippen LogP contribution in [0.4, 0.5) is 0 Å². The van der Waals surface area contributed by atoms with E-state index < -0.39 is 0 Å². The van der Waals surface area contributed by atoms with Gasteiger partial charge < -0.3 is 20.0 Å². The summed E-state index contributed by atoms with van der Waals surface area (Å²) in [5.74, 6) is 1.59. The molecule has 2 aromatic rings. The summed E-state index contributed by atoms with van der Waals surface area (Å²) >= 11 is 0. The molecule has 6 nitrogen and oxygen atoms in total. The minimum atomic E-state index is -0.255. The first-order valence-electron chi connectivity index (χ1n) is 9.70. The topological polar surface area (TPSA) is 69.9 Å². The molecule has 0 unspecified atom stereocenters. The van der Waals surface area contributed by atoms with E-state index in [1.807, 2.05) is 63.1 Å². The summed E-state index contributed by atoms with van der Waals surface area (Å²) in [5.41, 5.74) is 1.01. The quantitative estimate of drug-likeness (QED) is 0.542. The number of nitrogens with zero attached hydrogens (tertiary/aromatic N) is 2. The molecule has 2 rings (SSSR count). The van der Waals surface area contributed by atoms with Crippen LogP contribution in [-0.2, 0) is 17.6 Å². The summed E-state index contributed by atoms with van der Waals surface area (Å²) in [4.78, 5) is 18.8. The van der Waals surface area contributed by atoms with E-state index in [1.54, 1.807) is 6.26 Å². The van der Waals surface area contributed by atoms with E-state index in [0.29, 0.717) is 12.5 Å². The summed E-state index contributed by atoms with van der Waals surface area (Å²) in [6, 6.07) is 14.1. The molecular formula is C22H32N4O2. The highest BCUT2D eigenvalue weighted by atomic mass is 16.3. The molecule has 6 heteroatoms. The van der Waals surface area contributed by atoms with Crippen molar-refractivity contribution in [1.29, 1.82) is 0 Å². The number of hydrogen-bond acceptors (Lipinski definition) is 3. The van der Waals surface area contributed by atoms with Gasteiger partial charge in [0.05, 0.1) is 12.8 Å². The molecule has 1 aromatic carbocycles. The zero-order valence-electron chi connectivity index (χ0n) is 17.4. The van der Waals surface area contributed by atoms with Crippen molar-refractivity contribution in [2.24, 2.45) is 4.99 Å². The lowest BCUT2D eigenvalue weighted by Gasteiger charge is -2.25. The van der Waals surface area contributed by atoms with Crippen molar-refractivity contribution >= 4 is 11.9 Å². The van der Waals surface area contributed by atoms with E-state index in [9.17, 15) is 4.79 Å². The fourth-order valence-corrected chi connectivity index (χ4v) is 2.75. The predicted octanol–water partition coefficient (Wildman–Crippen LogP) is 2.86. The Morgan fingerprint density at radius 2 is 1.86 bits per heavy atom. The van der Waals surface area contributed by atoms with Gasteiger partial charge in [0.25, 0.3) is 0 Å². The second kappa shape index (κ2) is 10.5. The maximum Gasteiger partial charge on any atom is 0.240 e. The van der Waals surface area contributed by atoms with Crippen LogP contribution in [0.15, 0.2) is 58.1 Å². The number of carbonyl (C=O) groups excluding carboxylic acids is 1. The first kappa shape index (κ1) is 21.5. The van der Waals surface area contributed by atoms with Gasteiger partial charge in [0.1, 0.15) is 5.76 Å². The van der Waals surface area contributed by atoms with Crippen LogP contribution in [0.2, 0.25) is 0 Å². The molecule has 152 valence electrons. The standard InChI is InChI=1S/C22H32N4O2/c1-22(2,3)25-20(27)17-26(4)21(24-15-13-19-11-8-16-28-19)23-14-12-18-9-6-5-7-10-18/h5-11,16H,12-15,17H2,1-4H3,(H,23,24)(H,25,27). The normalized spacial score (nSPS) is 11.9. The van der Waals surface area contributed by atoms with Crippen molar-refractivity contribution in [2.75, 3.05) is 26.7 Å². The van der Waals surface area contributed by atoms with Gasteiger partial charge in [-0.25, -0.2) is 0 Å². The van der Waals surface area contributed by atoms with Crippen LogP contribution < -0.4 is 10.6 Å². The Hall–Kier alpha value is -2.76. The molecule has 0 aliphatic heterocycles. The van der Waals surface area contributed by atoms with E-state index in [4.69, 9.17) is 4.42 Å². The largest absolute Gasteiger partial charge is 0.469 e. The van der Waals surface area contributed by atoms with Gasteiger partial charge in [-0.2, -0.15) is 0 Å². The Balaban J connectivity index is 1.94. The molecule has 0 bridgehead atoms. The van der Waals surface area contributed by atoms with Crippen LogP contribution in [0, 0.1) is 0 Å². The molecule has 0 aliphatic carbocycles. The summed E-state index contributed by atoms with van der Waals surface area (Å²) in [6.45, 7) is 7.50. The predicted molar refractivity (Wildman–Crippen MR) is 113 cm³/mol. The maximum absolute atomic E-state index is 12.3. The molecule has 2 N–H and O–H groups in total. The van der Waals surface area contributed by atoms with E-state index in [-0.39, 0.29) is 18.0 Å². The van der Waals surface area contributed by atoms with Crippen LogP contribution in [0.1, 0.15) is 32.1 Å². The monoisotopic (exact) mass is 384 g/mol. The Kier molecular flexibility index (Phi) is 8.11. The van der Waals surface area contributed by atoms with Crippen molar-refractivity contribution in [3.63, 3.8) is 0 Å². The number of rotatable bonds is 8. The molecule has 0 radical (unpaired) electrons. The highest BCUT2D eigenvalue weighted by Gasteiger charge is 2.17. The van der Waals surface area contributed by atoms with Gasteiger partial charge in [0, 0.05) is 32.1 Å². The van der Waals surface area contributed by atoms with Crippen LogP contribution in [0.3, 0.4) is 0 Å². The van der Waals surface area contributed by atoms with Crippen molar-refractivity contribution in [1.82, 2.24) is 15.5 Å². The molecule has 0 aliphatic rings. The van der Waals surface area contributed by atoms with Gasteiger partial charge in [0.2, 0.25) is 5.91 Å². The third kappa shape index (κ3) is 8.29. The van der Waals surface area contributed by atoms with E-state index in [0.717, 1.165) is 25.1 Å². The number of furan rings is 1. The third-order valence-corrected chi connectivity index (χ3v) is 4.00. The number of guanidine groups is 1. The van der Waals surface area contributed by atoms with E-state index >= 15 is 0 Å². The number of benzene rings is 1. The van der Waals surface area contributed by atoms with Crippen LogP contribution in [0.25, 0.3) is 0 Å². The number of nitrogens with one attached hydrogen (secondary N) is 2. The van der Waals surface area contributed by atoms with Gasteiger partial charge in [-0.05, 0) is 44.9 Å². The molecule has 0 saturated carbocycles. The molecule has 1 aromatic heterocycles. The van der Waals surface area contributed by atoms with Gasteiger partial charge in [0.15, 0.2) is 5.96 Å². The summed E-state index contributed by atoms with van der Waals surface area (Å²) < 4.78 is 5.37. The van der Waals surface area contributed by atoms with E-state index in [2.05, 4.69) is 27.8 Å². The van der Waals surface area contributed by atoms with Crippen molar-refractivity contribution in [3.05, 3.63) is 60.1 Å². The Morgan fingerprint density at radius 1 is 1.11 bits per heavy atom. The van der Waals surface area contributed by atoms with Crippen LogP contribution >= 0.6 is 0 Å². The smallest absolute Gasteiger partial charge is 0.240 e. The lowest BCUT2D eigenvalue weighted by molar-refractivity contribution is -0.122. The SMILES string of the molecule is CN(CC(=O)NC(C)(C)C)C(=NCCc1ccco1)NCCc1ccccc1. The second-order valence-electron chi connectivity index (χ2n) is 7.85. The van der Waals surface area contributed by atoms with Crippen molar-refractivity contribution in [2.45, 2.75) is 39.2 Å². The minimum Gasteiger partial charge on any atom is -0.469 e. The first-order valence-corrected chi connectivity index (χ1v) is 9.70. The van der Waals surface area contributed by atoms with Crippen molar-refractivity contribution in [3.8, 4) is 0 Å². The van der Waals surface area contributed by atoms with E-state index in [1.165, 1.54) is 5.56 Å². The number of aliphatic imine (C=N–C) groups is 1. The third-order valence-electron chi connectivity index (χ3n) is 4.00. The maximum atomic E-state index is 12.3. The Bertz CT molecular complexity index is 734. The summed E-state index contributed by atoms with van der Waals surface area (Å²) in [7, 11) is 1.88. The molecule has 1 amide bonds. The highest BCUT2D eigenvalue weighted by molar-refractivity contribution is 5.86. The zero-order valence-corrected chi connectivity index (χ0v) is 17.4. The molecule has 0 fully saturated rings. The van der Waals surface area contributed by atoms with Gasteiger partial charge >= 0.3 is 0 Å². The average Bonchev–Trinajstić information content (AvgIpc) is 3.13. The number of likely N-dealkylation sites (N-methyl/N-ethyl adjacent to an activating group) is 1. The van der Waals surface area contributed by atoms with Crippen molar-refractivity contribution < 1.29 is 9.21 Å². The first-order chi connectivity index (χ1) is 13.3. The number of hydrogen-bond donors (Lipinski definition) is 2. The molecule has 1 heterocycles. The minimum absolute atomic E-state index is 0.0291. The lowest BCUT2D eigenvalue weighted by Crippen LogP contribution is -2.49. The average molecular weight is 385 g/mol. The number of carbonyl (C=O) groups is 1. The molecule has 0 atom stereocenters. The second-order valence-corrected chi connectivity index (χ2v) is 7.85. The fraction of sp³-hybridized carbons (Fsp3) is 0.455. The molecule has 28 heavy (non-hydrogen) atoms. The fourth-order valence-electron chi connectivity index (χ4n) is 2.75. The zero-order chi connectivity index (χ0) is 20.4. The Labute approximate surface area is 168 Å². The molecule has 0 spiro atoms. The highest BCUT2D eigenvalue weighted by Crippen LogP contribution is 2.02. The molecular weight excluding hydrogens is 352 g/mol. The summed E-state index contributed by atoms with van der Waals surface area (Å²) in [5, 5.41) is 6.37.